The molecule has 2 unspecified atom stereocenters. The largest absolute Gasteiger partial charge is 0.479 e. The van der Waals surface area contributed by atoms with Crippen LogP contribution in [0, 0.1) is 0 Å². The number of carbonyl (C=O) groups is 2. The van der Waals surface area contributed by atoms with E-state index in [-0.39, 0.29) is 11.8 Å². The van der Waals surface area contributed by atoms with Gasteiger partial charge in [0, 0.05) is 23.3 Å². The van der Waals surface area contributed by atoms with Gasteiger partial charge in [-0.3, -0.25) is 9.59 Å². The van der Waals surface area contributed by atoms with Crippen molar-refractivity contribution in [3.05, 3.63) is 46.4 Å². The Kier molecular flexibility index (Phi) is 6.01. The van der Waals surface area contributed by atoms with Crippen molar-refractivity contribution in [1.82, 2.24) is 0 Å². The molecule has 6 nitrogen and oxygen atoms in total. The third kappa shape index (κ3) is 4.18. The number of benzene rings is 2. The van der Waals surface area contributed by atoms with E-state index in [0.29, 0.717) is 39.5 Å². The molecule has 0 saturated heterocycles. The summed E-state index contributed by atoms with van der Waals surface area (Å²) < 4.78 is 11.3. The zero-order valence-electron chi connectivity index (χ0n) is 15.7. The van der Waals surface area contributed by atoms with Crippen molar-refractivity contribution in [2.45, 2.75) is 33.0 Å². The predicted molar refractivity (Wildman–Crippen MR) is 110 cm³/mol. The summed E-state index contributed by atoms with van der Waals surface area (Å²) >= 11 is 11.9. The molecule has 1 N–H and O–H groups in total. The van der Waals surface area contributed by atoms with Gasteiger partial charge in [0.2, 0.25) is 0 Å². The Bertz CT molecular complexity index is 919. The van der Waals surface area contributed by atoms with Crippen molar-refractivity contribution < 1.29 is 19.1 Å². The fraction of sp³-hybridized carbons (Fsp3) is 0.300. The smallest absolute Gasteiger partial charge is 0.267 e. The van der Waals surface area contributed by atoms with Gasteiger partial charge in [-0.25, -0.2) is 0 Å². The average Bonchev–Trinajstić information content (AvgIpc) is 2.65. The molecule has 0 radical (unpaired) electrons. The molecule has 1 aliphatic rings. The van der Waals surface area contributed by atoms with Crippen LogP contribution in [-0.2, 0) is 9.59 Å². The molecular formula is C20H20Cl2N2O4. The molecule has 2 aromatic rings. The van der Waals surface area contributed by atoms with E-state index in [9.17, 15) is 9.59 Å². The van der Waals surface area contributed by atoms with Crippen LogP contribution in [-0.4, -0.2) is 30.6 Å². The minimum atomic E-state index is -0.789. The van der Waals surface area contributed by atoms with Gasteiger partial charge in [-0.1, -0.05) is 23.2 Å². The fourth-order valence-corrected chi connectivity index (χ4v) is 3.33. The highest BCUT2D eigenvalue weighted by atomic mass is 35.5. The lowest BCUT2D eigenvalue weighted by molar-refractivity contribution is -0.125. The number of anilines is 2. The Morgan fingerprint density at radius 1 is 1.29 bits per heavy atom. The molecular weight excluding hydrogens is 403 g/mol. The number of hydrogen-bond acceptors (Lipinski definition) is 4. The van der Waals surface area contributed by atoms with Gasteiger partial charge in [-0.05, 0) is 51.1 Å². The van der Waals surface area contributed by atoms with Gasteiger partial charge in [0.05, 0.1) is 10.7 Å². The van der Waals surface area contributed by atoms with Gasteiger partial charge >= 0.3 is 0 Å². The van der Waals surface area contributed by atoms with Crippen LogP contribution < -0.4 is 19.7 Å². The molecule has 2 amide bonds. The number of halogens is 2. The molecule has 0 aromatic heterocycles. The van der Waals surface area contributed by atoms with Gasteiger partial charge in [0.15, 0.2) is 12.2 Å². The molecule has 28 heavy (non-hydrogen) atoms. The summed E-state index contributed by atoms with van der Waals surface area (Å²) in [7, 11) is 0. The highest BCUT2D eigenvalue weighted by Gasteiger charge is 2.30. The topological polar surface area (TPSA) is 67.9 Å². The predicted octanol–water partition coefficient (Wildman–Crippen LogP) is 4.53. The second-order valence-electron chi connectivity index (χ2n) is 6.35. The van der Waals surface area contributed by atoms with E-state index in [2.05, 4.69) is 5.32 Å². The number of rotatable bonds is 5. The number of ether oxygens (including phenoxy) is 2. The molecule has 1 heterocycles. The van der Waals surface area contributed by atoms with Crippen LogP contribution in [0.15, 0.2) is 36.4 Å². The summed E-state index contributed by atoms with van der Waals surface area (Å²) in [6.45, 7) is 5.76. The standard InChI is InChI=1S/C20H20Cl2N2O4/c1-4-24-16-7-6-14(10-18(16)28-12(3)20(24)26)23-19(25)11(2)27-17-8-5-13(21)9-15(17)22/h5-12H,4H2,1-3H3,(H,23,25). The summed E-state index contributed by atoms with van der Waals surface area (Å²) in [5, 5.41) is 3.60. The van der Waals surface area contributed by atoms with E-state index in [4.69, 9.17) is 32.7 Å². The van der Waals surface area contributed by atoms with Crippen LogP contribution in [0.25, 0.3) is 0 Å². The first-order valence-corrected chi connectivity index (χ1v) is 9.60. The monoisotopic (exact) mass is 422 g/mol. The number of hydrogen-bond donors (Lipinski definition) is 1. The quantitative estimate of drug-likeness (QED) is 0.767. The van der Waals surface area contributed by atoms with Crippen molar-refractivity contribution in [2.24, 2.45) is 0 Å². The van der Waals surface area contributed by atoms with Crippen molar-refractivity contribution in [1.29, 1.82) is 0 Å². The van der Waals surface area contributed by atoms with Crippen LogP contribution >= 0.6 is 23.2 Å². The van der Waals surface area contributed by atoms with Crippen LogP contribution in [0.5, 0.6) is 11.5 Å². The fourth-order valence-electron chi connectivity index (χ4n) is 2.87. The minimum Gasteiger partial charge on any atom is -0.479 e. The summed E-state index contributed by atoms with van der Waals surface area (Å²) in [5.41, 5.74) is 1.22. The lowest BCUT2D eigenvalue weighted by Gasteiger charge is -2.32. The lowest BCUT2D eigenvalue weighted by atomic mass is 10.1. The van der Waals surface area contributed by atoms with Crippen LogP contribution in [0.3, 0.4) is 0 Å². The van der Waals surface area contributed by atoms with E-state index in [1.165, 1.54) is 0 Å². The maximum atomic E-state index is 12.5. The number of nitrogens with zero attached hydrogens (tertiary/aromatic N) is 1. The zero-order valence-corrected chi connectivity index (χ0v) is 17.2. The molecule has 2 atom stereocenters. The number of nitrogens with one attached hydrogen (secondary N) is 1. The highest BCUT2D eigenvalue weighted by molar-refractivity contribution is 6.35. The van der Waals surface area contributed by atoms with Gasteiger partial charge in [0.1, 0.15) is 11.5 Å². The first kappa shape index (κ1) is 20.3. The minimum absolute atomic E-state index is 0.0892. The molecule has 1 aliphatic heterocycles. The van der Waals surface area contributed by atoms with Crippen molar-refractivity contribution in [3.8, 4) is 11.5 Å². The molecule has 0 aliphatic carbocycles. The Labute approximate surface area is 173 Å². The number of amides is 2. The third-order valence-electron chi connectivity index (χ3n) is 4.32. The maximum Gasteiger partial charge on any atom is 0.267 e. The van der Waals surface area contributed by atoms with Crippen molar-refractivity contribution in [2.75, 3.05) is 16.8 Å². The van der Waals surface area contributed by atoms with Gasteiger partial charge in [-0.15, -0.1) is 0 Å². The Morgan fingerprint density at radius 3 is 2.71 bits per heavy atom. The molecule has 148 valence electrons. The first-order chi connectivity index (χ1) is 13.3. The van der Waals surface area contributed by atoms with Crippen LogP contribution in [0.1, 0.15) is 20.8 Å². The van der Waals surface area contributed by atoms with Gasteiger partial charge in [-0.2, -0.15) is 0 Å². The molecule has 2 aromatic carbocycles. The Balaban J connectivity index is 1.72. The van der Waals surface area contributed by atoms with Crippen LogP contribution in [0.2, 0.25) is 10.0 Å². The van der Waals surface area contributed by atoms with E-state index in [1.54, 1.807) is 55.1 Å². The van der Waals surface area contributed by atoms with E-state index < -0.39 is 12.2 Å². The van der Waals surface area contributed by atoms with Crippen molar-refractivity contribution >= 4 is 46.4 Å². The Hall–Kier alpha value is -2.44. The van der Waals surface area contributed by atoms with Crippen LogP contribution in [0.4, 0.5) is 11.4 Å². The Morgan fingerprint density at radius 2 is 2.04 bits per heavy atom. The molecule has 0 spiro atoms. The lowest BCUT2D eigenvalue weighted by Crippen LogP contribution is -2.44. The molecule has 0 saturated carbocycles. The average molecular weight is 423 g/mol. The normalized spacial score (nSPS) is 16.8. The molecule has 3 rings (SSSR count). The van der Waals surface area contributed by atoms with Gasteiger partial charge in [0.25, 0.3) is 11.8 Å². The van der Waals surface area contributed by atoms with Crippen molar-refractivity contribution in [3.63, 3.8) is 0 Å². The summed E-state index contributed by atoms with van der Waals surface area (Å²) in [4.78, 5) is 26.3. The maximum absolute atomic E-state index is 12.5. The number of fused-ring (bicyclic) bond motifs is 1. The SMILES string of the molecule is CCN1C(=O)C(C)Oc2cc(NC(=O)C(C)Oc3ccc(Cl)cc3Cl)ccc21. The number of likely N-dealkylation sites (N-methyl/N-ethyl adjacent to an activating group) is 1. The van der Waals surface area contributed by atoms with E-state index >= 15 is 0 Å². The first-order valence-electron chi connectivity index (χ1n) is 8.84. The summed E-state index contributed by atoms with van der Waals surface area (Å²) in [5.74, 6) is 0.474. The summed E-state index contributed by atoms with van der Waals surface area (Å²) in [6.07, 6.45) is -1.36. The summed E-state index contributed by atoms with van der Waals surface area (Å²) in [6, 6.07) is 9.95. The molecule has 0 fully saturated rings. The van der Waals surface area contributed by atoms with Gasteiger partial charge < -0.3 is 19.7 Å². The molecule has 8 heteroatoms. The molecule has 0 bridgehead atoms. The number of carbonyl (C=O) groups excluding carboxylic acids is 2. The highest BCUT2D eigenvalue weighted by Crippen LogP contribution is 2.36. The zero-order chi connectivity index (χ0) is 20.4. The second-order valence-corrected chi connectivity index (χ2v) is 7.19. The third-order valence-corrected chi connectivity index (χ3v) is 4.85. The van der Waals surface area contributed by atoms with E-state index in [0.717, 1.165) is 0 Å². The van der Waals surface area contributed by atoms with E-state index in [1.807, 2.05) is 6.92 Å². The second kappa shape index (κ2) is 8.29.